The first-order valence-electron chi connectivity index (χ1n) is 13.7. The molecule has 1 aromatic heterocycles. The lowest BCUT2D eigenvalue weighted by Crippen LogP contribution is -2.43. The molecule has 2 saturated heterocycles. The predicted octanol–water partition coefficient (Wildman–Crippen LogP) is 5.01. The second-order valence-electron chi connectivity index (χ2n) is 9.95. The highest BCUT2D eigenvalue weighted by Gasteiger charge is 2.35. The maximum atomic E-state index is 13.6. The van der Waals surface area contributed by atoms with Crippen LogP contribution in [0.2, 0.25) is 0 Å². The van der Waals surface area contributed by atoms with Crippen molar-refractivity contribution in [3.63, 3.8) is 0 Å². The lowest BCUT2D eigenvalue weighted by molar-refractivity contribution is -0.148. The molecule has 1 atom stereocenters. The number of nitriles is 1. The number of nitrogens with zero attached hydrogens (tertiary/aromatic N) is 4. The molecular formula is C30H34N4O4S2. The molecule has 10 heteroatoms. The van der Waals surface area contributed by atoms with Crippen LogP contribution >= 0.6 is 24.0 Å². The molecule has 2 aliphatic heterocycles. The van der Waals surface area contributed by atoms with E-state index in [1.165, 1.54) is 11.8 Å². The zero-order valence-corrected chi connectivity index (χ0v) is 24.8. The standard InChI is InChI=1S/C30H34N4O4S2/c1-4-6-15-33-26(32-14-10-13-22(19-32)29(37)38-5-2)23(20(3)24(17-31)27(33)35)16-25-28(36)34(30(39)40-25)18-21-11-8-7-9-12-21/h7-9,11-12,16,22H,4-6,10,13-15,18-19H2,1-3H3/b25-16-. The molecule has 0 saturated carbocycles. The van der Waals surface area contributed by atoms with Crippen molar-refractivity contribution in [1.82, 2.24) is 9.47 Å². The van der Waals surface area contributed by atoms with E-state index in [-0.39, 0.29) is 28.9 Å². The highest BCUT2D eigenvalue weighted by molar-refractivity contribution is 8.26. The van der Waals surface area contributed by atoms with Crippen LogP contribution in [-0.4, -0.2) is 45.4 Å². The summed E-state index contributed by atoms with van der Waals surface area (Å²) < 4.78 is 7.42. The number of piperidine rings is 1. The van der Waals surface area contributed by atoms with Gasteiger partial charge in [-0.05, 0) is 50.3 Å². The van der Waals surface area contributed by atoms with E-state index in [4.69, 9.17) is 17.0 Å². The number of hydrogen-bond acceptors (Lipinski definition) is 8. The van der Waals surface area contributed by atoms with Crippen LogP contribution in [-0.2, 0) is 27.4 Å². The van der Waals surface area contributed by atoms with E-state index in [1.807, 2.05) is 42.2 Å². The Morgan fingerprint density at radius 1 is 1.25 bits per heavy atom. The molecule has 2 fully saturated rings. The molecular weight excluding hydrogens is 544 g/mol. The summed E-state index contributed by atoms with van der Waals surface area (Å²) in [6.07, 6.45) is 4.83. The van der Waals surface area contributed by atoms with Crippen molar-refractivity contribution in [2.24, 2.45) is 5.92 Å². The van der Waals surface area contributed by atoms with Crippen LogP contribution in [0, 0.1) is 24.2 Å². The fourth-order valence-corrected chi connectivity index (χ4v) is 6.40. The van der Waals surface area contributed by atoms with Crippen LogP contribution in [0.3, 0.4) is 0 Å². The number of thiocarbonyl (C=S) groups is 1. The Bertz CT molecular complexity index is 1430. The Morgan fingerprint density at radius 3 is 2.67 bits per heavy atom. The van der Waals surface area contributed by atoms with Crippen molar-refractivity contribution < 1.29 is 14.3 Å². The minimum Gasteiger partial charge on any atom is -0.466 e. The van der Waals surface area contributed by atoms with E-state index in [2.05, 4.69) is 6.07 Å². The summed E-state index contributed by atoms with van der Waals surface area (Å²) in [5, 5.41) is 9.95. The van der Waals surface area contributed by atoms with Gasteiger partial charge < -0.3 is 9.64 Å². The number of carbonyl (C=O) groups is 2. The van der Waals surface area contributed by atoms with Crippen LogP contribution in [0.4, 0.5) is 5.82 Å². The summed E-state index contributed by atoms with van der Waals surface area (Å²) in [4.78, 5) is 43.8. The van der Waals surface area contributed by atoms with E-state index in [1.54, 1.807) is 29.4 Å². The number of unbranched alkanes of at least 4 members (excludes halogenated alkanes) is 1. The van der Waals surface area contributed by atoms with Gasteiger partial charge in [-0.15, -0.1) is 0 Å². The summed E-state index contributed by atoms with van der Waals surface area (Å²) >= 11 is 6.80. The van der Waals surface area contributed by atoms with Gasteiger partial charge >= 0.3 is 5.97 Å². The predicted molar refractivity (Wildman–Crippen MR) is 162 cm³/mol. The zero-order chi connectivity index (χ0) is 28.8. The first-order chi connectivity index (χ1) is 19.3. The number of thioether (sulfide) groups is 1. The van der Waals surface area contributed by atoms with Gasteiger partial charge in [-0.25, -0.2) is 0 Å². The number of pyridine rings is 1. The van der Waals surface area contributed by atoms with Crippen molar-refractivity contribution in [2.45, 2.75) is 59.5 Å². The molecule has 2 aliphatic rings. The van der Waals surface area contributed by atoms with Crippen LogP contribution in [0.25, 0.3) is 6.08 Å². The van der Waals surface area contributed by atoms with Crippen molar-refractivity contribution in [3.05, 3.63) is 67.8 Å². The highest BCUT2D eigenvalue weighted by Crippen LogP contribution is 2.37. The molecule has 4 rings (SSSR count). The van der Waals surface area contributed by atoms with Crippen molar-refractivity contribution in [3.8, 4) is 6.07 Å². The number of anilines is 1. The number of ether oxygens (including phenoxy) is 1. The van der Waals surface area contributed by atoms with Gasteiger partial charge in [0.15, 0.2) is 0 Å². The van der Waals surface area contributed by atoms with Crippen molar-refractivity contribution >= 4 is 52.1 Å². The first-order valence-corrected chi connectivity index (χ1v) is 14.9. The Balaban J connectivity index is 1.82. The van der Waals surface area contributed by atoms with Gasteiger partial charge in [0, 0.05) is 25.2 Å². The van der Waals surface area contributed by atoms with Crippen molar-refractivity contribution in [2.75, 3.05) is 24.6 Å². The van der Waals surface area contributed by atoms with Gasteiger partial charge in [-0.2, -0.15) is 5.26 Å². The number of rotatable bonds is 9. The number of amides is 1. The number of esters is 1. The molecule has 1 aromatic carbocycles. The van der Waals surface area contributed by atoms with Crippen LogP contribution < -0.4 is 10.5 Å². The average Bonchev–Trinajstić information content (AvgIpc) is 3.22. The SMILES string of the molecule is CCCCn1c(N2CCCC(C(=O)OCC)C2)c(/C=C2\SC(=S)N(Cc3ccccc3)C2=O)c(C)c(C#N)c1=O. The van der Waals surface area contributed by atoms with Gasteiger partial charge in [-0.1, -0.05) is 67.7 Å². The molecule has 2 aromatic rings. The molecule has 0 aliphatic carbocycles. The summed E-state index contributed by atoms with van der Waals surface area (Å²) in [6.45, 7) is 7.71. The maximum absolute atomic E-state index is 13.6. The third-order valence-corrected chi connectivity index (χ3v) is 8.63. The number of hydrogen-bond donors (Lipinski definition) is 0. The molecule has 1 amide bonds. The van der Waals surface area contributed by atoms with Crippen molar-refractivity contribution in [1.29, 1.82) is 5.26 Å². The lowest BCUT2D eigenvalue weighted by atomic mass is 9.96. The van der Waals surface area contributed by atoms with Gasteiger partial charge in [0.25, 0.3) is 11.5 Å². The second kappa shape index (κ2) is 13.3. The minimum absolute atomic E-state index is 0.0600. The second-order valence-corrected chi connectivity index (χ2v) is 11.6. The fraction of sp³-hybridized carbons (Fsp3) is 0.433. The van der Waals surface area contributed by atoms with E-state index in [0.29, 0.717) is 65.4 Å². The molecule has 3 heterocycles. The maximum Gasteiger partial charge on any atom is 0.310 e. The Kier molecular flexibility index (Phi) is 9.82. The van der Waals surface area contributed by atoms with Gasteiger partial charge in [0.2, 0.25) is 0 Å². The highest BCUT2D eigenvalue weighted by atomic mass is 32.2. The first kappa shape index (κ1) is 29.6. The fourth-order valence-electron chi connectivity index (χ4n) is 5.16. The number of benzene rings is 1. The third-order valence-electron chi connectivity index (χ3n) is 7.26. The molecule has 0 radical (unpaired) electrons. The van der Waals surface area contributed by atoms with E-state index < -0.39 is 0 Å². The molecule has 0 bridgehead atoms. The molecule has 1 unspecified atom stereocenters. The van der Waals surface area contributed by atoms with E-state index in [0.717, 1.165) is 24.8 Å². The quantitative estimate of drug-likeness (QED) is 0.233. The molecule has 8 nitrogen and oxygen atoms in total. The lowest BCUT2D eigenvalue weighted by Gasteiger charge is -2.36. The topological polar surface area (TPSA) is 95.6 Å². The van der Waals surface area contributed by atoms with Gasteiger partial charge in [-0.3, -0.25) is 23.9 Å². The molecule has 0 N–H and O–H groups in total. The molecule has 210 valence electrons. The van der Waals surface area contributed by atoms with Crippen LogP contribution in [0.15, 0.2) is 40.0 Å². The van der Waals surface area contributed by atoms with Crippen LogP contribution in [0.1, 0.15) is 61.8 Å². The van der Waals surface area contributed by atoms with Crippen LogP contribution in [0.5, 0.6) is 0 Å². The summed E-state index contributed by atoms with van der Waals surface area (Å²) in [5.74, 6) is -0.144. The Hall–Kier alpha value is -3.42. The average molecular weight is 579 g/mol. The normalized spacial score (nSPS) is 18.4. The Labute approximate surface area is 244 Å². The molecule has 0 spiro atoms. The smallest absolute Gasteiger partial charge is 0.310 e. The third kappa shape index (κ3) is 6.16. The summed E-state index contributed by atoms with van der Waals surface area (Å²) in [5.41, 5.74) is 1.83. The van der Waals surface area contributed by atoms with E-state index in [9.17, 15) is 19.6 Å². The Morgan fingerprint density at radius 2 is 2.00 bits per heavy atom. The minimum atomic E-state index is -0.351. The number of aromatic nitrogens is 1. The number of carbonyl (C=O) groups excluding carboxylic acids is 2. The zero-order valence-electron chi connectivity index (χ0n) is 23.1. The van der Waals surface area contributed by atoms with Gasteiger partial charge in [0.1, 0.15) is 21.8 Å². The summed E-state index contributed by atoms with van der Waals surface area (Å²) in [6, 6.07) is 11.8. The van der Waals surface area contributed by atoms with E-state index >= 15 is 0 Å². The van der Waals surface area contributed by atoms with Gasteiger partial charge in [0.05, 0.1) is 24.0 Å². The monoisotopic (exact) mass is 578 g/mol. The summed E-state index contributed by atoms with van der Waals surface area (Å²) in [7, 11) is 0. The largest absolute Gasteiger partial charge is 0.466 e. The molecule has 40 heavy (non-hydrogen) atoms.